The predicted octanol–water partition coefficient (Wildman–Crippen LogP) is 2.82. The Morgan fingerprint density at radius 2 is 1.82 bits per heavy atom. The maximum atomic E-state index is 3.66. The molecular formula is C15H24N2. The van der Waals surface area contributed by atoms with Crippen molar-refractivity contribution >= 4 is 0 Å². The first-order valence-corrected chi connectivity index (χ1v) is 6.87. The van der Waals surface area contributed by atoms with Crippen LogP contribution in [0.15, 0.2) is 30.3 Å². The summed E-state index contributed by atoms with van der Waals surface area (Å²) >= 11 is 0. The highest BCUT2D eigenvalue weighted by molar-refractivity contribution is 5.19. The third kappa shape index (κ3) is 3.55. The van der Waals surface area contributed by atoms with Gasteiger partial charge in [0.25, 0.3) is 0 Å². The van der Waals surface area contributed by atoms with Crippen LogP contribution in [0.1, 0.15) is 38.3 Å². The van der Waals surface area contributed by atoms with Crippen LogP contribution in [-0.2, 0) is 0 Å². The average Bonchev–Trinajstić information content (AvgIpc) is 3.19. The molecule has 1 saturated carbocycles. The summed E-state index contributed by atoms with van der Waals surface area (Å²) in [5.41, 5.74) is 1.43. The maximum absolute atomic E-state index is 3.66. The zero-order valence-electron chi connectivity index (χ0n) is 11.0. The van der Waals surface area contributed by atoms with E-state index in [1.807, 2.05) is 0 Å². The van der Waals surface area contributed by atoms with Gasteiger partial charge in [-0.25, -0.2) is 0 Å². The van der Waals surface area contributed by atoms with Crippen molar-refractivity contribution in [3.63, 3.8) is 0 Å². The van der Waals surface area contributed by atoms with E-state index in [9.17, 15) is 0 Å². The fourth-order valence-corrected chi connectivity index (χ4v) is 2.36. The lowest BCUT2D eigenvalue weighted by Crippen LogP contribution is -2.36. The molecule has 0 radical (unpaired) electrons. The molecule has 2 heteroatoms. The van der Waals surface area contributed by atoms with E-state index in [4.69, 9.17) is 0 Å². The van der Waals surface area contributed by atoms with Crippen molar-refractivity contribution in [2.24, 2.45) is 0 Å². The lowest BCUT2D eigenvalue weighted by molar-refractivity contribution is 0.213. The summed E-state index contributed by atoms with van der Waals surface area (Å²) in [5, 5.41) is 3.66. The number of nitrogens with one attached hydrogen (secondary N) is 1. The maximum Gasteiger partial charge on any atom is 0.0472 e. The number of hydrogen-bond donors (Lipinski definition) is 1. The van der Waals surface area contributed by atoms with Gasteiger partial charge in [-0.3, -0.25) is 4.90 Å². The summed E-state index contributed by atoms with van der Waals surface area (Å²) in [6.45, 7) is 7.80. The first-order valence-electron chi connectivity index (χ1n) is 6.87. The van der Waals surface area contributed by atoms with Gasteiger partial charge in [0.1, 0.15) is 0 Å². The van der Waals surface area contributed by atoms with Gasteiger partial charge in [0.05, 0.1) is 0 Å². The molecule has 0 saturated heterocycles. The predicted molar refractivity (Wildman–Crippen MR) is 73.1 cm³/mol. The van der Waals surface area contributed by atoms with Crippen molar-refractivity contribution in [1.82, 2.24) is 10.2 Å². The van der Waals surface area contributed by atoms with Crippen LogP contribution in [-0.4, -0.2) is 30.6 Å². The van der Waals surface area contributed by atoms with E-state index in [0.29, 0.717) is 6.04 Å². The second-order valence-corrected chi connectivity index (χ2v) is 4.83. The van der Waals surface area contributed by atoms with Crippen LogP contribution < -0.4 is 5.32 Å². The van der Waals surface area contributed by atoms with Crippen LogP contribution in [0.5, 0.6) is 0 Å². The van der Waals surface area contributed by atoms with Crippen molar-refractivity contribution in [3.8, 4) is 0 Å². The SMILES string of the molecule is CCN(CC)C(CNC1CC1)c1ccccc1. The number of rotatable bonds is 7. The Balaban J connectivity index is 2.04. The third-order valence-electron chi connectivity index (χ3n) is 3.61. The Morgan fingerprint density at radius 3 is 2.35 bits per heavy atom. The van der Waals surface area contributed by atoms with Crippen LogP contribution in [0, 0.1) is 0 Å². The Hall–Kier alpha value is -0.860. The zero-order valence-corrected chi connectivity index (χ0v) is 11.0. The summed E-state index contributed by atoms with van der Waals surface area (Å²) < 4.78 is 0. The van der Waals surface area contributed by atoms with Crippen LogP contribution in [0.3, 0.4) is 0 Å². The number of likely N-dealkylation sites (N-methyl/N-ethyl adjacent to an activating group) is 1. The van der Waals surface area contributed by atoms with Crippen LogP contribution >= 0.6 is 0 Å². The van der Waals surface area contributed by atoms with E-state index in [1.165, 1.54) is 18.4 Å². The molecule has 1 N–H and O–H groups in total. The number of hydrogen-bond acceptors (Lipinski definition) is 2. The molecule has 1 aliphatic carbocycles. The van der Waals surface area contributed by atoms with Gasteiger partial charge in [-0.1, -0.05) is 44.2 Å². The summed E-state index contributed by atoms with van der Waals surface area (Å²) in [6, 6.07) is 12.2. The van der Waals surface area contributed by atoms with Gasteiger partial charge in [0, 0.05) is 18.6 Å². The van der Waals surface area contributed by atoms with Crippen LogP contribution in [0.4, 0.5) is 0 Å². The quantitative estimate of drug-likeness (QED) is 0.777. The Morgan fingerprint density at radius 1 is 1.18 bits per heavy atom. The van der Waals surface area contributed by atoms with E-state index >= 15 is 0 Å². The molecule has 1 unspecified atom stereocenters. The zero-order chi connectivity index (χ0) is 12.1. The number of benzene rings is 1. The van der Waals surface area contributed by atoms with Crippen molar-refractivity contribution in [3.05, 3.63) is 35.9 Å². The molecule has 1 fully saturated rings. The van der Waals surface area contributed by atoms with E-state index in [0.717, 1.165) is 25.7 Å². The number of nitrogens with zero attached hydrogens (tertiary/aromatic N) is 1. The summed E-state index contributed by atoms with van der Waals surface area (Å²) in [6.07, 6.45) is 2.72. The van der Waals surface area contributed by atoms with Gasteiger partial charge in [0.15, 0.2) is 0 Å². The first kappa shape index (κ1) is 12.6. The molecule has 0 heterocycles. The molecule has 2 rings (SSSR count). The minimum absolute atomic E-state index is 0.520. The molecule has 1 atom stereocenters. The van der Waals surface area contributed by atoms with Gasteiger partial charge in [-0.2, -0.15) is 0 Å². The summed E-state index contributed by atoms with van der Waals surface area (Å²) in [7, 11) is 0. The van der Waals surface area contributed by atoms with Gasteiger partial charge < -0.3 is 5.32 Å². The van der Waals surface area contributed by atoms with Gasteiger partial charge in [0.2, 0.25) is 0 Å². The molecule has 1 aromatic carbocycles. The second kappa shape index (κ2) is 6.18. The largest absolute Gasteiger partial charge is 0.312 e. The van der Waals surface area contributed by atoms with Crippen LogP contribution in [0.2, 0.25) is 0 Å². The monoisotopic (exact) mass is 232 g/mol. The topological polar surface area (TPSA) is 15.3 Å². The van der Waals surface area contributed by atoms with E-state index in [2.05, 4.69) is 54.4 Å². The second-order valence-electron chi connectivity index (χ2n) is 4.83. The summed E-state index contributed by atoms with van der Waals surface area (Å²) in [4.78, 5) is 2.53. The minimum atomic E-state index is 0.520. The first-order chi connectivity index (χ1) is 8.35. The fourth-order valence-electron chi connectivity index (χ4n) is 2.36. The highest BCUT2D eigenvalue weighted by Crippen LogP contribution is 2.23. The molecule has 0 amide bonds. The average molecular weight is 232 g/mol. The third-order valence-corrected chi connectivity index (χ3v) is 3.61. The van der Waals surface area contributed by atoms with Gasteiger partial charge >= 0.3 is 0 Å². The fraction of sp³-hybridized carbons (Fsp3) is 0.600. The van der Waals surface area contributed by atoms with Crippen molar-refractivity contribution in [1.29, 1.82) is 0 Å². The van der Waals surface area contributed by atoms with Crippen molar-refractivity contribution in [2.45, 2.75) is 38.8 Å². The van der Waals surface area contributed by atoms with Crippen LogP contribution in [0.25, 0.3) is 0 Å². The molecule has 2 nitrogen and oxygen atoms in total. The normalized spacial score (nSPS) is 17.4. The van der Waals surface area contributed by atoms with Crippen molar-refractivity contribution in [2.75, 3.05) is 19.6 Å². The lowest BCUT2D eigenvalue weighted by Gasteiger charge is -2.30. The molecule has 1 aromatic rings. The summed E-state index contributed by atoms with van der Waals surface area (Å²) in [5.74, 6) is 0. The highest BCUT2D eigenvalue weighted by atomic mass is 15.2. The molecule has 94 valence electrons. The standard InChI is InChI=1S/C15H24N2/c1-3-17(4-2)15(12-16-14-10-11-14)13-8-6-5-7-9-13/h5-9,14-16H,3-4,10-12H2,1-2H3. The van der Waals surface area contributed by atoms with E-state index < -0.39 is 0 Å². The Labute approximate surface area is 105 Å². The molecule has 0 spiro atoms. The van der Waals surface area contributed by atoms with Gasteiger partial charge in [-0.05, 0) is 31.5 Å². The molecule has 0 aromatic heterocycles. The minimum Gasteiger partial charge on any atom is -0.312 e. The molecule has 0 bridgehead atoms. The molecule has 0 aliphatic heterocycles. The molecule has 17 heavy (non-hydrogen) atoms. The van der Waals surface area contributed by atoms with E-state index in [1.54, 1.807) is 0 Å². The smallest absolute Gasteiger partial charge is 0.0472 e. The Kier molecular flexibility index (Phi) is 4.57. The highest BCUT2D eigenvalue weighted by Gasteiger charge is 2.24. The molecule has 1 aliphatic rings. The Bertz CT molecular complexity index is 315. The van der Waals surface area contributed by atoms with Crippen molar-refractivity contribution < 1.29 is 0 Å². The lowest BCUT2D eigenvalue weighted by atomic mass is 10.1. The van der Waals surface area contributed by atoms with E-state index in [-0.39, 0.29) is 0 Å². The van der Waals surface area contributed by atoms with Gasteiger partial charge in [-0.15, -0.1) is 0 Å². The molecular weight excluding hydrogens is 208 g/mol.